The molecular formula is C20H32IN7S. The van der Waals surface area contributed by atoms with E-state index in [1.165, 1.54) is 9.88 Å². The van der Waals surface area contributed by atoms with Crippen LogP contribution in [0.1, 0.15) is 21.1 Å². The van der Waals surface area contributed by atoms with Gasteiger partial charge < -0.3 is 20.4 Å². The zero-order valence-corrected chi connectivity index (χ0v) is 20.9. The number of hydrogen-bond acceptors (Lipinski definition) is 6. The Morgan fingerprint density at radius 2 is 1.93 bits per heavy atom. The fraction of sp³-hybridized carbons (Fsp3) is 0.550. The van der Waals surface area contributed by atoms with Crippen LogP contribution < -0.4 is 15.5 Å². The average Bonchev–Trinajstić information content (AvgIpc) is 3.03. The number of anilines is 1. The minimum absolute atomic E-state index is 0. The highest BCUT2D eigenvalue weighted by Gasteiger charge is 2.14. The molecule has 0 aliphatic carbocycles. The molecule has 7 nitrogen and oxygen atoms in total. The summed E-state index contributed by atoms with van der Waals surface area (Å²) in [6, 6.07) is 4.26. The van der Waals surface area contributed by atoms with E-state index >= 15 is 0 Å². The van der Waals surface area contributed by atoms with E-state index in [0.29, 0.717) is 6.54 Å². The Kier molecular flexibility index (Phi) is 9.57. The summed E-state index contributed by atoms with van der Waals surface area (Å²) in [5.74, 6) is 1.86. The molecule has 0 radical (unpaired) electrons. The van der Waals surface area contributed by atoms with E-state index in [1.54, 1.807) is 18.4 Å². The van der Waals surface area contributed by atoms with Crippen molar-refractivity contribution >= 4 is 47.1 Å². The van der Waals surface area contributed by atoms with Gasteiger partial charge in [0.1, 0.15) is 5.82 Å². The Morgan fingerprint density at radius 3 is 2.52 bits per heavy atom. The molecule has 1 fully saturated rings. The quantitative estimate of drug-likeness (QED) is 0.341. The highest BCUT2D eigenvalue weighted by molar-refractivity contribution is 14.0. The monoisotopic (exact) mass is 529 g/mol. The van der Waals surface area contributed by atoms with Crippen molar-refractivity contribution < 1.29 is 0 Å². The Labute approximate surface area is 195 Å². The number of rotatable bonds is 6. The topological polar surface area (TPSA) is 68.7 Å². The first-order chi connectivity index (χ1) is 13.5. The van der Waals surface area contributed by atoms with Gasteiger partial charge >= 0.3 is 0 Å². The van der Waals surface area contributed by atoms with Crippen LogP contribution >= 0.6 is 35.3 Å². The maximum atomic E-state index is 4.64. The number of likely N-dealkylation sites (N-methyl/N-ethyl adjacent to an activating group) is 1. The predicted molar refractivity (Wildman–Crippen MR) is 133 cm³/mol. The Morgan fingerprint density at radius 1 is 1.17 bits per heavy atom. The standard InChI is InChI=1S/C20H31N7S.HI/c1-15-16(2)28-19(25-15)7-8-22-20(21-3)24-14-17-5-6-18(23-13-17)27-11-9-26(4)10-12-27;/h5-6,13H,7-12,14H2,1-4H3,(H2,21,22,24);1H. The van der Waals surface area contributed by atoms with Crippen molar-refractivity contribution in [3.05, 3.63) is 39.5 Å². The number of aromatic nitrogens is 2. The van der Waals surface area contributed by atoms with Gasteiger partial charge in [-0.15, -0.1) is 35.3 Å². The number of piperazine rings is 1. The van der Waals surface area contributed by atoms with Crippen molar-refractivity contribution in [1.29, 1.82) is 0 Å². The Balaban J connectivity index is 0.00000300. The number of thiazole rings is 1. The number of aliphatic imine (C=N–C) groups is 1. The molecular weight excluding hydrogens is 497 g/mol. The minimum Gasteiger partial charge on any atom is -0.356 e. The number of guanidine groups is 1. The van der Waals surface area contributed by atoms with E-state index in [9.17, 15) is 0 Å². The second-order valence-electron chi connectivity index (χ2n) is 7.17. The molecule has 0 amide bonds. The van der Waals surface area contributed by atoms with E-state index in [4.69, 9.17) is 0 Å². The van der Waals surface area contributed by atoms with Gasteiger partial charge in [0.25, 0.3) is 0 Å². The summed E-state index contributed by atoms with van der Waals surface area (Å²) in [4.78, 5) is 19.5. The van der Waals surface area contributed by atoms with Gasteiger partial charge in [-0.2, -0.15) is 0 Å². The molecule has 0 aromatic carbocycles. The molecule has 2 aromatic rings. The third-order valence-electron chi connectivity index (χ3n) is 5.02. The number of aryl methyl sites for hydroxylation is 2. The molecule has 1 aliphatic heterocycles. The van der Waals surface area contributed by atoms with Crippen LogP contribution in [-0.4, -0.2) is 67.6 Å². The Hall–Kier alpha value is -1.46. The first kappa shape index (κ1) is 23.8. The van der Waals surface area contributed by atoms with Crippen LogP contribution in [0.2, 0.25) is 0 Å². The van der Waals surface area contributed by atoms with Crippen LogP contribution in [0, 0.1) is 13.8 Å². The second-order valence-corrected chi connectivity index (χ2v) is 8.45. The van der Waals surface area contributed by atoms with Crippen molar-refractivity contribution in [1.82, 2.24) is 25.5 Å². The molecule has 2 N–H and O–H groups in total. The van der Waals surface area contributed by atoms with Gasteiger partial charge in [0.15, 0.2) is 5.96 Å². The normalized spacial score (nSPS) is 15.2. The van der Waals surface area contributed by atoms with E-state index in [-0.39, 0.29) is 24.0 Å². The maximum absolute atomic E-state index is 4.64. The lowest BCUT2D eigenvalue weighted by Crippen LogP contribution is -2.44. The van der Waals surface area contributed by atoms with Gasteiger partial charge in [0.05, 0.1) is 10.7 Å². The van der Waals surface area contributed by atoms with Crippen molar-refractivity contribution in [3.8, 4) is 0 Å². The van der Waals surface area contributed by atoms with Gasteiger partial charge in [-0.1, -0.05) is 6.07 Å². The molecule has 1 saturated heterocycles. The Bertz CT molecular complexity index is 763. The molecule has 1 aliphatic rings. The lowest BCUT2D eigenvalue weighted by molar-refractivity contribution is 0.312. The second kappa shape index (κ2) is 11.7. The largest absolute Gasteiger partial charge is 0.356 e. The smallest absolute Gasteiger partial charge is 0.191 e. The lowest BCUT2D eigenvalue weighted by Gasteiger charge is -2.33. The van der Waals surface area contributed by atoms with Crippen LogP contribution in [0.5, 0.6) is 0 Å². The molecule has 3 rings (SSSR count). The number of nitrogens with one attached hydrogen (secondary N) is 2. The highest BCUT2D eigenvalue weighted by atomic mass is 127. The summed E-state index contributed by atoms with van der Waals surface area (Å²) < 4.78 is 0. The third kappa shape index (κ3) is 7.07. The van der Waals surface area contributed by atoms with Crippen LogP contribution in [0.4, 0.5) is 5.82 Å². The number of pyridine rings is 1. The molecule has 0 saturated carbocycles. The number of nitrogens with zero attached hydrogens (tertiary/aromatic N) is 5. The third-order valence-corrected chi connectivity index (χ3v) is 6.16. The lowest BCUT2D eigenvalue weighted by atomic mass is 10.2. The van der Waals surface area contributed by atoms with Gasteiger partial charge in [0.2, 0.25) is 0 Å². The molecule has 0 spiro atoms. The zero-order valence-electron chi connectivity index (χ0n) is 17.7. The molecule has 0 bridgehead atoms. The van der Waals surface area contributed by atoms with Crippen LogP contribution in [0.3, 0.4) is 0 Å². The van der Waals surface area contributed by atoms with Crippen molar-refractivity contribution in [3.63, 3.8) is 0 Å². The van der Waals surface area contributed by atoms with E-state index in [2.05, 4.69) is 68.4 Å². The van der Waals surface area contributed by atoms with Crippen LogP contribution in [0.15, 0.2) is 23.3 Å². The maximum Gasteiger partial charge on any atom is 0.191 e. The van der Waals surface area contributed by atoms with Gasteiger partial charge in [0, 0.05) is 63.8 Å². The molecule has 3 heterocycles. The van der Waals surface area contributed by atoms with E-state index in [0.717, 1.165) is 62.2 Å². The predicted octanol–water partition coefficient (Wildman–Crippen LogP) is 2.43. The van der Waals surface area contributed by atoms with Gasteiger partial charge in [-0.3, -0.25) is 4.99 Å². The van der Waals surface area contributed by atoms with Crippen LogP contribution in [0.25, 0.3) is 0 Å². The zero-order chi connectivity index (χ0) is 19.9. The summed E-state index contributed by atoms with van der Waals surface area (Å²) >= 11 is 1.77. The highest BCUT2D eigenvalue weighted by Crippen LogP contribution is 2.16. The first-order valence-corrected chi connectivity index (χ1v) is 10.6. The van der Waals surface area contributed by atoms with Crippen molar-refractivity contribution in [2.75, 3.05) is 51.7 Å². The van der Waals surface area contributed by atoms with Gasteiger partial charge in [-0.05, 0) is 32.5 Å². The van der Waals surface area contributed by atoms with Crippen molar-refractivity contribution in [2.45, 2.75) is 26.8 Å². The fourth-order valence-corrected chi connectivity index (χ4v) is 4.02. The molecule has 9 heteroatoms. The molecule has 29 heavy (non-hydrogen) atoms. The summed E-state index contributed by atoms with van der Waals surface area (Å²) in [7, 11) is 3.96. The SMILES string of the molecule is CN=C(NCCc1nc(C)c(C)s1)NCc1ccc(N2CCN(C)CC2)nc1.I. The van der Waals surface area contributed by atoms with E-state index < -0.39 is 0 Å². The fourth-order valence-electron chi connectivity index (χ4n) is 3.08. The minimum atomic E-state index is 0. The summed E-state index contributed by atoms with van der Waals surface area (Å²) in [5, 5.41) is 7.88. The average molecular weight is 529 g/mol. The summed E-state index contributed by atoms with van der Waals surface area (Å²) in [5.41, 5.74) is 2.28. The van der Waals surface area contributed by atoms with Crippen LogP contribution in [-0.2, 0) is 13.0 Å². The summed E-state index contributed by atoms with van der Waals surface area (Å²) in [6.07, 6.45) is 2.86. The van der Waals surface area contributed by atoms with E-state index in [1.807, 2.05) is 6.20 Å². The van der Waals surface area contributed by atoms with Crippen molar-refractivity contribution in [2.24, 2.45) is 4.99 Å². The van der Waals surface area contributed by atoms with Gasteiger partial charge in [-0.25, -0.2) is 9.97 Å². The first-order valence-electron chi connectivity index (χ1n) is 9.81. The molecule has 160 valence electrons. The number of halogens is 1. The summed E-state index contributed by atoms with van der Waals surface area (Å²) in [6.45, 7) is 9.95. The molecule has 2 aromatic heterocycles. The molecule has 0 unspecified atom stereocenters. The number of hydrogen-bond donors (Lipinski definition) is 2. The molecule has 0 atom stereocenters.